The van der Waals surface area contributed by atoms with Crippen LogP contribution >= 0.6 is 0 Å². The van der Waals surface area contributed by atoms with Crippen LogP contribution < -0.4 is 5.32 Å². The first kappa shape index (κ1) is 16.4. The molecule has 1 aromatic heterocycles. The molecule has 0 saturated carbocycles. The number of urea groups is 1. The number of aromatic nitrogens is 2. The van der Waals surface area contributed by atoms with Gasteiger partial charge in [-0.15, -0.1) is 0 Å². The zero-order valence-corrected chi connectivity index (χ0v) is 13.6. The number of carbonyl (C=O) groups is 1. The van der Waals surface area contributed by atoms with Crippen molar-refractivity contribution in [2.75, 3.05) is 25.0 Å². The van der Waals surface area contributed by atoms with Gasteiger partial charge in [0.15, 0.2) is 0 Å². The number of rotatable bonds is 4. The highest BCUT2D eigenvalue weighted by Gasteiger charge is 2.24. The molecule has 1 fully saturated rings. The molecule has 1 N–H and O–H groups in total. The number of anilines is 1. The Labute approximate surface area is 140 Å². The summed E-state index contributed by atoms with van der Waals surface area (Å²) in [5, 5.41) is 6.94. The van der Waals surface area contributed by atoms with E-state index in [1.54, 1.807) is 34.1 Å². The largest absolute Gasteiger partial charge is 0.377 e. The van der Waals surface area contributed by atoms with Crippen LogP contribution in [0.1, 0.15) is 19.8 Å². The Bertz CT molecular complexity index is 688. The van der Waals surface area contributed by atoms with Crippen LogP contribution in [0.15, 0.2) is 36.7 Å². The summed E-state index contributed by atoms with van der Waals surface area (Å²) in [4.78, 5) is 14.3. The highest BCUT2D eigenvalue weighted by atomic mass is 19.1. The normalized spacial score (nSPS) is 17.8. The lowest BCUT2D eigenvalue weighted by atomic mass is 10.1. The number of hydrogen-bond acceptors (Lipinski definition) is 3. The van der Waals surface area contributed by atoms with Gasteiger partial charge in [0.25, 0.3) is 0 Å². The van der Waals surface area contributed by atoms with E-state index in [0.29, 0.717) is 31.1 Å². The van der Waals surface area contributed by atoms with Gasteiger partial charge in [-0.05, 0) is 44.0 Å². The molecule has 2 heterocycles. The van der Waals surface area contributed by atoms with E-state index in [4.69, 9.17) is 4.74 Å². The SMILES string of the molecule is CCO[C@H]1CCCN(C(=O)Nc2cc(F)ccc2-n2cccn2)C1. The standard InChI is InChI=1S/C17H21FN4O2/c1-2-24-14-5-3-9-21(12-14)17(23)20-15-11-13(18)6-7-16(15)22-10-4-8-19-22/h4,6-8,10-11,14H,2-3,5,9,12H2,1H3,(H,20,23)/t14-/m0/s1. The van der Waals surface area contributed by atoms with E-state index < -0.39 is 5.82 Å². The minimum atomic E-state index is -0.410. The van der Waals surface area contributed by atoms with Crippen molar-refractivity contribution in [1.29, 1.82) is 0 Å². The molecule has 7 heteroatoms. The molecule has 0 radical (unpaired) electrons. The van der Waals surface area contributed by atoms with Crippen molar-refractivity contribution in [1.82, 2.24) is 14.7 Å². The molecule has 1 aromatic carbocycles. The second-order valence-electron chi connectivity index (χ2n) is 5.71. The number of carbonyl (C=O) groups excluding carboxylic acids is 1. The van der Waals surface area contributed by atoms with Gasteiger partial charge in [0.1, 0.15) is 5.82 Å². The van der Waals surface area contributed by atoms with Gasteiger partial charge in [-0.2, -0.15) is 5.10 Å². The smallest absolute Gasteiger partial charge is 0.321 e. The molecule has 1 aliphatic heterocycles. The predicted octanol–water partition coefficient (Wildman–Crippen LogP) is 3.04. The summed E-state index contributed by atoms with van der Waals surface area (Å²) >= 11 is 0. The second-order valence-corrected chi connectivity index (χ2v) is 5.71. The molecule has 0 aliphatic carbocycles. The Hall–Kier alpha value is -2.41. The molecule has 1 saturated heterocycles. The molecule has 0 bridgehead atoms. The summed E-state index contributed by atoms with van der Waals surface area (Å²) < 4.78 is 20.8. The van der Waals surface area contributed by atoms with E-state index in [2.05, 4.69) is 10.4 Å². The maximum atomic E-state index is 13.6. The zero-order chi connectivity index (χ0) is 16.9. The summed E-state index contributed by atoms with van der Waals surface area (Å²) in [5.41, 5.74) is 1.01. The maximum absolute atomic E-state index is 13.6. The van der Waals surface area contributed by atoms with Crippen molar-refractivity contribution in [2.24, 2.45) is 0 Å². The van der Waals surface area contributed by atoms with Crippen molar-refractivity contribution in [2.45, 2.75) is 25.9 Å². The maximum Gasteiger partial charge on any atom is 0.321 e. The average Bonchev–Trinajstić information content (AvgIpc) is 3.10. The first-order valence-corrected chi connectivity index (χ1v) is 8.14. The Kier molecular flexibility index (Phi) is 5.10. The predicted molar refractivity (Wildman–Crippen MR) is 88.8 cm³/mol. The molecule has 24 heavy (non-hydrogen) atoms. The number of nitrogens with one attached hydrogen (secondary N) is 1. The monoisotopic (exact) mass is 332 g/mol. The number of halogens is 1. The number of likely N-dealkylation sites (tertiary alicyclic amines) is 1. The highest BCUT2D eigenvalue weighted by molar-refractivity contribution is 5.91. The lowest BCUT2D eigenvalue weighted by Crippen LogP contribution is -2.45. The van der Waals surface area contributed by atoms with E-state index >= 15 is 0 Å². The molecule has 128 valence electrons. The van der Waals surface area contributed by atoms with Crippen molar-refractivity contribution in [3.63, 3.8) is 0 Å². The van der Waals surface area contributed by atoms with Gasteiger partial charge < -0.3 is 15.0 Å². The Morgan fingerprint density at radius 1 is 1.50 bits per heavy atom. The van der Waals surface area contributed by atoms with Crippen molar-refractivity contribution >= 4 is 11.7 Å². The fraction of sp³-hybridized carbons (Fsp3) is 0.412. The topological polar surface area (TPSA) is 59.4 Å². The van der Waals surface area contributed by atoms with Crippen molar-refractivity contribution in [3.05, 3.63) is 42.5 Å². The minimum Gasteiger partial charge on any atom is -0.377 e. The molecular weight excluding hydrogens is 311 g/mol. The quantitative estimate of drug-likeness (QED) is 0.936. The van der Waals surface area contributed by atoms with Crippen LogP contribution in [0.5, 0.6) is 0 Å². The fourth-order valence-corrected chi connectivity index (χ4v) is 2.91. The number of piperidine rings is 1. The summed E-state index contributed by atoms with van der Waals surface area (Å²) in [6, 6.07) is 5.76. The van der Waals surface area contributed by atoms with Crippen LogP contribution in [0, 0.1) is 5.82 Å². The van der Waals surface area contributed by atoms with Gasteiger partial charge in [-0.3, -0.25) is 0 Å². The van der Waals surface area contributed by atoms with E-state index in [0.717, 1.165) is 12.8 Å². The third-order valence-corrected chi connectivity index (χ3v) is 4.02. The molecule has 2 aromatic rings. The minimum absolute atomic E-state index is 0.0626. The summed E-state index contributed by atoms with van der Waals surface area (Å²) in [6.07, 6.45) is 5.29. The Morgan fingerprint density at radius 2 is 2.38 bits per heavy atom. The molecule has 6 nitrogen and oxygen atoms in total. The van der Waals surface area contributed by atoms with E-state index in [-0.39, 0.29) is 12.1 Å². The number of ether oxygens (including phenoxy) is 1. The lowest BCUT2D eigenvalue weighted by Gasteiger charge is -2.32. The van der Waals surface area contributed by atoms with Crippen LogP contribution in [0.2, 0.25) is 0 Å². The Morgan fingerprint density at radius 3 is 3.12 bits per heavy atom. The molecular formula is C17H21FN4O2. The molecule has 2 amide bonds. The average molecular weight is 332 g/mol. The van der Waals surface area contributed by atoms with E-state index in [1.165, 1.54) is 12.1 Å². The van der Waals surface area contributed by atoms with Gasteiger partial charge in [0.05, 0.1) is 17.5 Å². The van der Waals surface area contributed by atoms with Gasteiger partial charge >= 0.3 is 6.03 Å². The first-order valence-electron chi connectivity index (χ1n) is 8.14. The summed E-state index contributed by atoms with van der Waals surface area (Å²) in [7, 11) is 0. The number of hydrogen-bond donors (Lipinski definition) is 1. The van der Waals surface area contributed by atoms with Crippen LogP contribution in [0.3, 0.4) is 0 Å². The fourth-order valence-electron chi connectivity index (χ4n) is 2.91. The first-order chi connectivity index (χ1) is 11.7. The van der Waals surface area contributed by atoms with Crippen molar-refractivity contribution in [3.8, 4) is 5.69 Å². The summed E-state index contributed by atoms with van der Waals surface area (Å²) in [6.45, 7) is 3.80. The van der Waals surface area contributed by atoms with Gasteiger partial charge in [0, 0.05) is 32.1 Å². The van der Waals surface area contributed by atoms with Gasteiger partial charge in [-0.25, -0.2) is 13.9 Å². The molecule has 0 unspecified atom stereocenters. The lowest BCUT2D eigenvalue weighted by molar-refractivity contribution is 0.0181. The van der Waals surface area contributed by atoms with E-state index in [9.17, 15) is 9.18 Å². The highest BCUT2D eigenvalue weighted by Crippen LogP contribution is 2.22. The van der Waals surface area contributed by atoms with E-state index in [1.807, 2.05) is 6.92 Å². The van der Waals surface area contributed by atoms with Gasteiger partial charge in [0.2, 0.25) is 0 Å². The van der Waals surface area contributed by atoms with Gasteiger partial charge in [-0.1, -0.05) is 0 Å². The molecule has 1 atom stereocenters. The number of benzene rings is 1. The molecule has 1 aliphatic rings. The van der Waals surface area contributed by atoms with Crippen LogP contribution in [0.25, 0.3) is 5.69 Å². The summed E-state index contributed by atoms with van der Waals surface area (Å²) in [5.74, 6) is -0.410. The van der Waals surface area contributed by atoms with Crippen molar-refractivity contribution < 1.29 is 13.9 Å². The number of amides is 2. The second kappa shape index (κ2) is 7.44. The van der Waals surface area contributed by atoms with Crippen LogP contribution in [0.4, 0.5) is 14.9 Å². The third-order valence-electron chi connectivity index (χ3n) is 4.02. The Balaban J connectivity index is 1.75. The van der Waals surface area contributed by atoms with Crippen LogP contribution in [-0.2, 0) is 4.74 Å². The molecule has 3 rings (SSSR count). The zero-order valence-electron chi connectivity index (χ0n) is 13.6. The number of nitrogens with zero attached hydrogens (tertiary/aromatic N) is 3. The third kappa shape index (κ3) is 3.73. The van der Waals surface area contributed by atoms with Crippen LogP contribution in [-0.4, -0.2) is 46.5 Å². The molecule has 0 spiro atoms.